The zero-order valence-corrected chi connectivity index (χ0v) is 13.6. The molecule has 0 aromatic heterocycles. The lowest BCUT2D eigenvalue weighted by Crippen LogP contribution is -2.44. The SMILES string of the molecule is COc1ccc(C(O)C(C)N(CC(C)C)C(C)C)cc1. The van der Waals surface area contributed by atoms with Crippen LogP contribution in [0.3, 0.4) is 0 Å². The molecule has 0 aliphatic rings. The van der Waals surface area contributed by atoms with Gasteiger partial charge in [0.1, 0.15) is 5.75 Å². The van der Waals surface area contributed by atoms with Crippen molar-refractivity contribution >= 4 is 0 Å². The molecule has 0 fully saturated rings. The van der Waals surface area contributed by atoms with E-state index in [0.29, 0.717) is 12.0 Å². The third-order valence-corrected chi connectivity index (χ3v) is 3.68. The van der Waals surface area contributed by atoms with Crippen LogP contribution in [0.1, 0.15) is 46.3 Å². The van der Waals surface area contributed by atoms with Gasteiger partial charge in [0.2, 0.25) is 0 Å². The number of ether oxygens (including phenoxy) is 1. The van der Waals surface area contributed by atoms with Crippen molar-refractivity contribution in [2.24, 2.45) is 5.92 Å². The van der Waals surface area contributed by atoms with Gasteiger partial charge >= 0.3 is 0 Å². The van der Waals surface area contributed by atoms with E-state index in [9.17, 15) is 5.11 Å². The number of nitrogens with zero attached hydrogens (tertiary/aromatic N) is 1. The Bertz CT molecular complexity index is 386. The molecule has 114 valence electrons. The van der Waals surface area contributed by atoms with Crippen LogP contribution in [0.25, 0.3) is 0 Å². The minimum atomic E-state index is -0.484. The van der Waals surface area contributed by atoms with Gasteiger partial charge in [-0.05, 0) is 44.4 Å². The standard InChI is InChI=1S/C17H29NO2/c1-12(2)11-18(13(3)4)14(5)17(19)15-7-9-16(20-6)10-8-15/h7-10,12-14,17,19H,11H2,1-6H3. The molecule has 3 nitrogen and oxygen atoms in total. The molecule has 2 atom stereocenters. The van der Waals surface area contributed by atoms with Crippen LogP contribution in [0.2, 0.25) is 0 Å². The van der Waals surface area contributed by atoms with Crippen molar-refractivity contribution in [2.45, 2.75) is 52.8 Å². The maximum absolute atomic E-state index is 10.6. The number of aliphatic hydroxyl groups is 1. The van der Waals surface area contributed by atoms with E-state index in [1.54, 1.807) is 7.11 Å². The van der Waals surface area contributed by atoms with Crippen LogP contribution >= 0.6 is 0 Å². The molecule has 2 unspecified atom stereocenters. The van der Waals surface area contributed by atoms with Crippen molar-refractivity contribution in [3.8, 4) is 5.75 Å². The maximum Gasteiger partial charge on any atom is 0.118 e. The largest absolute Gasteiger partial charge is 0.497 e. The molecule has 1 N–H and O–H groups in total. The van der Waals surface area contributed by atoms with Gasteiger partial charge in [-0.1, -0.05) is 26.0 Å². The van der Waals surface area contributed by atoms with E-state index in [-0.39, 0.29) is 6.04 Å². The van der Waals surface area contributed by atoms with Gasteiger partial charge in [-0.3, -0.25) is 4.90 Å². The zero-order valence-electron chi connectivity index (χ0n) is 13.6. The van der Waals surface area contributed by atoms with Crippen LogP contribution in [0, 0.1) is 5.92 Å². The first-order valence-corrected chi connectivity index (χ1v) is 7.44. The molecule has 3 heteroatoms. The molecule has 1 aromatic carbocycles. The van der Waals surface area contributed by atoms with Crippen molar-refractivity contribution in [3.63, 3.8) is 0 Å². The van der Waals surface area contributed by atoms with Crippen LogP contribution in [-0.4, -0.2) is 35.7 Å². The highest BCUT2D eigenvalue weighted by Gasteiger charge is 2.25. The van der Waals surface area contributed by atoms with Gasteiger partial charge in [0, 0.05) is 18.6 Å². The van der Waals surface area contributed by atoms with Crippen molar-refractivity contribution in [1.29, 1.82) is 0 Å². The van der Waals surface area contributed by atoms with E-state index < -0.39 is 6.10 Å². The minimum absolute atomic E-state index is 0.0887. The van der Waals surface area contributed by atoms with Gasteiger partial charge in [0.15, 0.2) is 0 Å². The number of hydrogen-bond acceptors (Lipinski definition) is 3. The van der Waals surface area contributed by atoms with Crippen LogP contribution in [0.4, 0.5) is 0 Å². The van der Waals surface area contributed by atoms with Gasteiger partial charge in [0.05, 0.1) is 13.2 Å². The third-order valence-electron chi connectivity index (χ3n) is 3.68. The molecule has 0 amide bonds. The summed E-state index contributed by atoms with van der Waals surface area (Å²) in [7, 11) is 1.65. The molecular weight excluding hydrogens is 250 g/mol. The van der Waals surface area contributed by atoms with Crippen LogP contribution in [0.5, 0.6) is 5.75 Å². The molecule has 0 saturated carbocycles. The fraction of sp³-hybridized carbons (Fsp3) is 0.647. The molecule has 1 aromatic rings. The summed E-state index contributed by atoms with van der Waals surface area (Å²) in [5.41, 5.74) is 0.938. The average molecular weight is 279 g/mol. The van der Waals surface area contributed by atoms with Crippen molar-refractivity contribution in [1.82, 2.24) is 4.90 Å². The minimum Gasteiger partial charge on any atom is -0.497 e. The van der Waals surface area contributed by atoms with Crippen molar-refractivity contribution in [2.75, 3.05) is 13.7 Å². The van der Waals surface area contributed by atoms with E-state index in [1.807, 2.05) is 24.3 Å². The van der Waals surface area contributed by atoms with E-state index in [4.69, 9.17) is 4.74 Å². The van der Waals surface area contributed by atoms with Crippen LogP contribution < -0.4 is 4.74 Å². The monoisotopic (exact) mass is 279 g/mol. The summed E-state index contributed by atoms with van der Waals surface area (Å²) in [6.45, 7) is 11.9. The summed E-state index contributed by atoms with van der Waals surface area (Å²) < 4.78 is 5.16. The predicted molar refractivity (Wildman–Crippen MR) is 84.1 cm³/mol. The average Bonchev–Trinajstić information content (AvgIpc) is 2.43. The lowest BCUT2D eigenvalue weighted by Gasteiger charge is -2.36. The number of methoxy groups -OCH3 is 1. The Morgan fingerprint density at radius 3 is 2.00 bits per heavy atom. The summed E-state index contributed by atoms with van der Waals surface area (Å²) in [4.78, 5) is 2.36. The molecule has 0 radical (unpaired) electrons. The van der Waals surface area contributed by atoms with E-state index in [1.165, 1.54) is 0 Å². The van der Waals surface area contributed by atoms with Crippen LogP contribution in [-0.2, 0) is 0 Å². The smallest absolute Gasteiger partial charge is 0.118 e. The topological polar surface area (TPSA) is 32.7 Å². The second kappa shape index (κ2) is 7.65. The Kier molecular flexibility index (Phi) is 6.50. The van der Waals surface area contributed by atoms with Crippen LogP contribution in [0.15, 0.2) is 24.3 Å². The quantitative estimate of drug-likeness (QED) is 0.829. The number of hydrogen-bond donors (Lipinski definition) is 1. The molecule has 0 aliphatic carbocycles. The molecule has 0 bridgehead atoms. The number of benzene rings is 1. The van der Waals surface area contributed by atoms with E-state index >= 15 is 0 Å². The first-order chi connectivity index (χ1) is 9.36. The van der Waals surface area contributed by atoms with Crippen molar-refractivity contribution in [3.05, 3.63) is 29.8 Å². The number of aliphatic hydroxyl groups excluding tert-OH is 1. The van der Waals surface area contributed by atoms with Gasteiger partial charge in [-0.2, -0.15) is 0 Å². The highest BCUT2D eigenvalue weighted by atomic mass is 16.5. The highest BCUT2D eigenvalue weighted by Crippen LogP contribution is 2.25. The Morgan fingerprint density at radius 1 is 1.05 bits per heavy atom. The molecule has 0 spiro atoms. The van der Waals surface area contributed by atoms with Gasteiger partial charge in [-0.25, -0.2) is 0 Å². The summed E-state index contributed by atoms with van der Waals surface area (Å²) in [6, 6.07) is 8.17. The van der Waals surface area contributed by atoms with Crippen molar-refractivity contribution < 1.29 is 9.84 Å². The summed E-state index contributed by atoms with van der Waals surface area (Å²) >= 11 is 0. The number of rotatable bonds is 7. The Balaban J connectivity index is 2.83. The molecule has 0 aliphatic heterocycles. The van der Waals surface area contributed by atoms with Gasteiger partial charge < -0.3 is 9.84 Å². The first-order valence-electron chi connectivity index (χ1n) is 7.44. The first kappa shape index (κ1) is 17.0. The molecule has 20 heavy (non-hydrogen) atoms. The highest BCUT2D eigenvalue weighted by molar-refractivity contribution is 5.29. The summed E-state index contributed by atoms with van der Waals surface area (Å²) in [5, 5.41) is 10.6. The summed E-state index contributed by atoms with van der Waals surface area (Å²) in [5.74, 6) is 1.40. The molecule has 0 saturated heterocycles. The van der Waals surface area contributed by atoms with E-state index in [0.717, 1.165) is 17.9 Å². The zero-order chi connectivity index (χ0) is 15.3. The second-order valence-corrected chi connectivity index (χ2v) is 6.14. The lowest BCUT2D eigenvalue weighted by atomic mass is 10.00. The Labute approximate surface area is 123 Å². The summed E-state index contributed by atoms with van der Waals surface area (Å²) in [6.07, 6.45) is -0.484. The molecule has 0 heterocycles. The normalized spacial score (nSPS) is 14.9. The maximum atomic E-state index is 10.6. The van der Waals surface area contributed by atoms with Gasteiger partial charge in [0.25, 0.3) is 0 Å². The Morgan fingerprint density at radius 2 is 1.60 bits per heavy atom. The third kappa shape index (κ3) is 4.50. The van der Waals surface area contributed by atoms with E-state index in [2.05, 4.69) is 39.5 Å². The lowest BCUT2D eigenvalue weighted by molar-refractivity contribution is 0.0332. The fourth-order valence-electron chi connectivity index (χ4n) is 2.53. The Hall–Kier alpha value is -1.06. The van der Waals surface area contributed by atoms with Gasteiger partial charge in [-0.15, -0.1) is 0 Å². The predicted octanol–water partition coefficient (Wildman–Crippen LogP) is 3.48. The molecular formula is C17H29NO2. The molecule has 1 rings (SSSR count). The fourth-order valence-corrected chi connectivity index (χ4v) is 2.53. The second-order valence-electron chi connectivity index (χ2n) is 6.14.